The van der Waals surface area contributed by atoms with Crippen LogP contribution in [0.15, 0.2) is 36.5 Å². The predicted molar refractivity (Wildman–Crippen MR) is 68.0 cm³/mol. The number of nitrogens with zero attached hydrogens (tertiary/aromatic N) is 2. The summed E-state index contributed by atoms with van der Waals surface area (Å²) in [6.07, 6.45) is 1.26. The Balaban J connectivity index is 2.33. The highest BCUT2D eigenvalue weighted by atomic mass is 19.1. The van der Waals surface area contributed by atoms with Crippen LogP contribution in [0.5, 0.6) is 0 Å². The van der Waals surface area contributed by atoms with Crippen LogP contribution in [0.25, 0.3) is 0 Å². The lowest BCUT2D eigenvalue weighted by molar-refractivity contribution is 0.102. The molecule has 0 fully saturated rings. The number of hydrogen-bond acceptors (Lipinski definition) is 3. The minimum Gasteiger partial charge on any atom is -0.321 e. The molecule has 5 heteroatoms. The van der Waals surface area contributed by atoms with Gasteiger partial charge in [0.25, 0.3) is 5.91 Å². The standard InChI is InChI=1S/C14H10FN3O/c1-9-4-2-6-12(11(9)8-16)18-14(19)10-5-3-7-17-13(10)15/h2-7H,1H3,(H,18,19). The number of nitrogens with one attached hydrogen (secondary N) is 1. The van der Waals surface area contributed by atoms with Gasteiger partial charge in [-0.05, 0) is 30.7 Å². The van der Waals surface area contributed by atoms with E-state index in [-0.39, 0.29) is 5.56 Å². The molecule has 0 saturated heterocycles. The summed E-state index contributed by atoms with van der Waals surface area (Å²) >= 11 is 0. The van der Waals surface area contributed by atoms with E-state index in [0.29, 0.717) is 11.3 Å². The van der Waals surface area contributed by atoms with Crippen molar-refractivity contribution in [3.05, 3.63) is 59.2 Å². The molecule has 0 bridgehead atoms. The lowest BCUT2D eigenvalue weighted by Gasteiger charge is -2.08. The summed E-state index contributed by atoms with van der Waals surface area (Å²) in [4.78, 5) is 15.3. The number of amides is 1. The molecule has 0 aliphatic heterocycles. The maximum atomic E-state index is 13.4. The van der Waals surface area contributed by atoms with Crippen molar-refractivity contribution in [3.63, 3.8) is 0 Å². The Bertz CT molecular complexity index is 677. The van der Waals surface area contributed by atoms with Crippen molar-refractivity contribution < 1.29 is 9.18 Å². The first-order valence-corrected chi connectivity index (χ1v) is 5.55. The number of hydrogen-bond donors (Lipinski definition) is 1. The summed E-state index contributed by atoms with van der Waals surface area (Å²) in [5.74, 6) is -1.47. The van der Waals surface area contributed by atoms with Crippen LogP contribution < -0.4 is 5.32 Å². The van der Waals surface area contributed by atoms with Crippen molar-refractivity contribution in [2.75, 3.05) is 5.32 Å². The smallest absolute Gasteiger partial charge is 0.260 e. The Morgan fingerprint density at radius 2 is 2.16 bits per heavy atom. The molecule has 0 radical (unpaired) electrons. The summed E-state index contributed by atoms with van der Waals surface area (Å²) in [5.41, 5.74) is 1.30. The van der Waals surface area contributed by atoms with Crippen LogP contribution in [0.1, 0.15) is 21.5 Å². The zero-order chi connectivity index (χ0) is 13.8. The highest BCUT2D eigenvalue weighted by molar-refractivity contribution is 6.04. The number of halogens is 1. The number of pyridine rings is 1. The van der Waals surface area contributed by atoms with E-state index in [1.165, 1.54) is 18.3 Å². The molecule has 0 spiro atoms. The summed E-state index contributed by atoms with van der Waals surface area (Å²) in [6, 6.07) is 9.89. The monoisotopic (exact) mass is 255 g/mol. The van der Waals surface area contributed by atoms with Crippen molar-refractivity contribution in [2.45, 2.75) is 6.92 Å². The second-order valence-corrected chi connectivity index (χ2v) is 3.91. The summed E-state index contributed by atoms with van der Waals surface area (Å²) in [6.45, 7) is 1.76. The van der Waals surface area contributed by atoms with Crippen LogP contribution in [0.2, 0.25) is 0 Å². The van der Waals surface area contributed by atoms with E-state index in [9.17, 15) is 9.18 Å². The van der Waals surface area contributed by atoms with Crippen molar-refractivity contribution in [2.24, 2.45) is 0 Å². The first-order chi connectivity index (χ1) is 9.13. The third kappa shape index (κ3) is 2.58. The molecule has 19 heavy (non-hydrogen) atoms. The Labute approximate surface area is 109 Å². The molecule has 94 valence electrons. The lowest BCUT2D eigenvalue weighted by atomic mass is 10.1. The molecule has 1 heterocycles. The van der Waals surface area contributed by atoms with Gasteiger partial charge < -0.3 is 5.32 Å². The van der Waals surface area contributed by atoms with Gasteiger partial charge in [0.2, 0.25) is 5.95 Å². The molecule has 2 aromatic rings. The van der Waals surface area contributed by atoms with Gasteiger partial charge in [-0.25, -0.2) is 4.98 Å². The van der Waals surface area contributed by atoms with Crippen molar-refractivity contribution in [1.82, 2.24) is 4.98 Å². The second-order valence-electron chi connectivity index (χ2n) is 3.91. The number of benzene rings is 1. The fraction of sp³-hybridized carbons (Fsp3) is 0.0714. The van der Waals surface area contributed by atoms with Crippen LogP contribution in [0.3, 0.4) is 0 Å². The molecular weight excluding hydrogens is 245 g/mol. The first-order valence-electron chi connectivity index (χ1n) is 5.55. The van der Waals surface area contributed by atoms with E-state index in [1.54, 1.807) is 25.1 Å². The van der Waals surface area contributed by atoms with Crippen molar-refractivity contribution in [1.29, 1.82) is 5.26 Å². The van der Waals surface area contributed by atoms with E-state index >= 15 is 0 Å². The van der Waals surface area contributed by atoms with E-state index in [1.807, 2.05) is 6.07 Å². The van der Waals surface area contributed by atoms with Crippen LogP contribution in [0, 0.1) is 24.2 Å². The van der Waals surface area contributed by atoms with Crippen molar-refractivity contribution in [3.8, 4) is 6.07 Å². The summed E-state index contributed by atoms with van der Waals surface area (Å²) in [5, 5.41) is 11.6. The van der Waals surface area contributed by atoms with Gasteiger partial charge in [0.1, 0.15) is 6.07 Å². The number of carbonyl (C=O) groups is 1. The molecule has 0 unspecified atom stereocenters. The Morgan fingerprint density at radius 1 is 1.37 bits per heavy atom. The number of carbonyl (C=O) groups excluding carboxylic acids is 1. The van der Waals surface area contributed by atoms with Crippen LogP contribution in [-0.2, 0) is 0 Å². The molecule has 4 nitrogen and oxygen atoms in total. The molecule has 1 N–H and O–H groups in total. The Kier molecular flexibility index (Phi) is 3.53. The molecule has 0 aliphatic rings. The normalized spacial score (nSPS) is 9.74. The third-order valence-electron chi connectivity index (χ3n) is 2.64. The van der Waals surface area contributed by atoms with E-state index in [2.05, 4.69) is 10.3 Å². The maximum Gasteiger partial charge on any atom is 0.260 e. The highest BCUT2D eigenvalue weighted by Gasteiger charge is 2.14. The minimum absolute atomic E-state index is 0.159. The predicted octanol–water partition coefficient (Wildman–Crippen LogP) is 2.65. The largest absolute Gasteiger partial charge is 0.321 e. The second kappa shape index (κ2) is 5.27. The summed E-state index contributed by atoms with van der Waals surface area (Å²) in [7, 11) is 0. The SMILES string of the molecule is Cc1cccc(NC(=O)c2cccnc2F)c1C#N. The average Bonchev–Trinajstić information content (AvgIpc) is 2.39. The van der Waals surface area contributed by atoms with Crippen molar-refractivity contribution >= 4 is 11.6 Å². The van der Waals surface area contributed by atoms with E-state index in [4.69, 9.17) is 5.26 Å². The number of anilines is 1. The fourth-order valence-corrected chi connectivity index (χ4v) is 1.67. The topological polar surface area (TPSA) is 65.8 Å². The fourth-order valence-electron chi connectivity index (χ4n) is 1.67. The number of nitriles is 1. The maximum absolute atomic E-state index is 13.4. The zero-order valence-corrected chi connectivity index (χ0v) is 10.1. The average molecular weight is 255 g/mol. The van der Waals surface area contributed by atoms with Crippen LogP contribution >= 0.6 is 0 Å². The summed E-state index contributed by atoms with van der Waals surface area (Å²) < 4.78 is 13.4. The van der Waals surface area contributed by atoms with Gasteiger partial charge in [0, 0.05) is 6.20 Å². The minimum atomic E-state index is -0.842. The van der Waals surface area contributed by atoms with Gasteiger partial charge in [-0.15, -0.1) is 0 Å². The van der Waals surface area contributed by atoms with E-state index < -0.39 is 11.9 Å². The van der Waals surface area contributed by atoms with E-state index in [0.717, 1.165) is 5.56 Å². The van der Waals surface area contributed by atoms with Gasteiger partial charge in [-0.2, -0.15) is 9.65 Å². The van der Waals surface area contributed by atoms with Gasteiger partial charge >= 0.3 is 0 Å². The lowest BCUT2D eigenvalue weighted by Crippen LogP contribution is -2.15. The van der Waals surface area contributed by atoms with Gasteiger partial charge in [-0.3, -0.25) is 4.79 Å². The van der Waals surface area contributed by atoms with Crippen LogP contribution in [-0.4, -0.2) is 10.9 Å². The molecule has 0 saturated carbocycles. The quantitative estimate of drug-likeness (QED) is 0.839. The Morgan fingerprint density at radius 3 is 2.84 bits per heavy atom. The molecule has 2 rings (SSSR count). The molecular formula is C14H10FN3O. The number of rotatable bonds is 2. The van der Waals surface area contributed by atoms with Gasteiger partial charge in [0.15, 0.2) is 0 Å². The Hall–Kier alpha value is -2.74. The number of aromatic nitrogens is 1. The zero-order valence-electron chi connectivity index (χ0n) is 10.1. The number of aryl methyl sites for hydroxylation is 1. The third-order valence-corrected chi connectivity index (χ3v) is 2.64. The molecule has 1 aromatic carbocycles. The first kappa shape index (κ1) is 12.7. The molecule has 1 amide bonds. The molecule has 1 aromatic heterocycles. The van der Waals surface area contributed by atoms with Gasteiger partial charge in [-0.1, -0.05) is 12.1 Å². The van der Waals surface area contributed by atoms with Crippen LogP contribution in [0.4, 0.5) is 10.1 Å². The molecule has 0 aliphatic carbocycles. The molecule has 0 atom stereocenters. The highest BCUT2D eigenvalue weighted by Crippen LogP contribution is 2.19. The van der Waals surface area contributed by atoms with Gasteiger partial charge in [0.05, 0.1) is 16.8 Å².